The predicted molar refractivity (Wildman–Crippen MR) is 69.5 cm³/mol. The Kier molecular flexibility index (Phi) is 3.15. The molecule has 2 fully saturated rings. The van der Waals surface area contributed by atoms with Gasteiger partial charge in [0.2, 0.25) is 0 Å². The molecular weight excluding hydrogens is 208 g/mol. The highest BCUT2D eigenvalue weighted by atomic mass is 14.7. The molecule has 0 aromatic carbocycles. The van der Waals surface area contributed by atoms with Gasteiger partial charge in [0.05, 0.1) is 0 Å². The van der Waals surface area contributed by atoms with Gasteiger partial charge in [-0.15, -0.1) is 0 Å². The largest absolute Gasteiger partial charge is 0.327 e. The molecule has 4 atom stereocenters. The number of fused-ring (bicyclic) bond motifs is 2. The fraction of sp³-hybridized carbons (Fsp3) is 0.667. The summed E-state index contributed by atoms with van der Waals surface area (Å²) in [5.74, 6) is 2.94. The van der Waals surface area contributed by atoms with Crippen LogP contribution in [-0.2, 0) is 6.42 Å². The normalized spacial score (nSPS) is 32.9. The van der Waals surface area contributed by atoms with Crippen molar-refractivity contribution >= 4 is 0 Å². The summed E-state index contributed by atoms with van der Waals surface area (Å²) >= 11 is 0. The number of hydrogen-bond acceptors (Lipinski definition) is 2. The van der Waals surface area contributed by atoms with Crippen molar-refractivity contribution in [2.45, 2.75) is 44.6 Å². The van der Waals surface area contributed by atoms with Gasteiger partial charge in [-0.1, -0.05) is 12.5 Å². The van der Waals surface area contributed by atoms with Crippen LogP contribution in [-0.4, -0.2) is 11.0 Å². The number of hydrogen-bond donors (Lipinski definition) is 1. The molecule has 92 valence electrons. The molecule has 0 radical (unpaired) electrons. The molecule has 0 spiro atoms. The van der Waals surface area contributed by atoms with Gasteiger partial charge in [0, 0.05) is 24.4 Å². The highest BCUT2D eigenvalue weighted by Gasteiger charge is 2.39. The van der Waals surface area contributed by atoms with Crippen LogP contribution in [0.1, 0.15) is 37.8 Å². The topological polar surface area (TPSA) is 38.9 Å². The molecule has 1 heterocycles. The first kappa shape index (κ1) is 11.2. The van der Waals surface area contributed by atoms with Crippen molar-refractivity contribution in [3.05, 3.63) is 30.1 Å². The van der Waals surface area contributed by atoms with Gasteiger partial charge in [-0.2, -0.15) is 0 Å². The Balaban J connectivity index is 1.52. The van der Waals surface area contributed by atoms with E-state index in [1.807, 2.05) is 18.3 Å². The molecule has 2 nitrogen and oxygen atoms in total. The van der Waals surface area contributed by atoms with Crippen LogP contribution in [0, 0.1) is 17.8 Å². The molecule has 2 heteroatoms. The Morgan fingerprint density at radius 2 is 2.24 bits per heavy atom. The van der Waals surface area contributed by atoms with Crippen LogP contribution in [0.5, 0.6) is 0 Å². The zero-order valence-corrected chi connectivity index (χ0v) is 10.4. The number of nitrogens with zero attached hydrogens (tertiary/aromatic N) is 1. The third-order valence-corrected chi connectivity index (χ3v) is 4.69. The molecule has 2 saturated carbocycles. The summed E-state index contributed by atoms with van der Waals surface area (Å²) in [7, 11) is 0. The second-order valence-corrected chi connectivity index (χ2v) is 5.96. The van der Waals surface area contributed by atoms with Gasteiger partial charge in [-0.25, -0.2) is 0 Å². The summed E-state index contributed by atoms with van der Waals surface area (Å²) in [6, 6.07) is 6.40. The first-order valence-electron chi connectivity index (χ1n) is 6.96. The van der Waals surface area contributed by atoms with E-state index in [4.69, 9.17) is 5.73 Å². The SMILES string of the molecule is NC(Cc1ccccn1)CC1CC2CCC1C2. The molecule has 1 aromatic rings. The highest BCUT2D eigenvalue weighted by Crippen LogP contribution is 2.49. The van der Waals surface area contributed by atoms with E-state index < -0.39 is 0 Å². The fourth-order valence-electron chi connectivity index (χ4n) is 3.92. The standard InChI is InChI=1S/C15H22N2/c16-14(10-15-3-1-2-6-17-15)9-13-8-11-4-5-12(13)7-11/h1-3,6,11-14H,4-5,7-10,16H2. The molecule has 2 bridgehead atoms. The third-order valence-electron chi connectivity index (χ3n) is 4.69. The van der Waals surface area contributed by atoms with Crippen LogP contribution in [0.25, 0.3) is 0 Å². The zero-order chi connectivity index (χ0) is 11.7. The first-order valence-corrected chi connectivity index (χ1v) is 6.96. The summed E-state index contributed by atoms with van der Waals surface area (Å²) in [5.41, 5.74) is 7.42. The van der Waals surface area contributed by atoms with Crippen molar-refractivity contribution < 1.29 is 0 Å². The first-order chi connectivity index (χ1) is 8.31. The molecular formula is C15H22N2. The Hall–Kier alpha value is -0.890. The van der Waals surface area contributed by atoms with Gasteiger partial charge in [0.25, 0.3) is 0 Å². The molecule has 2 aliphatic rings. The third kappa shape index (κ3) is 2.52. The van der Waals surface area contributed by atoms with Crippen molar-refractivity contribution in [1.82, 2.24) is 4.98 Å². The van der Waals surface area contributed by atoms with E-state index in [0.29, 0.717) is 6.04 Å². The van der Waals surface area contributed by atoms with Crippen molar-refractivity contribution in [3.63, 3.8) is 0 Å². The Labute approximate surface area is 104 Å². The van der Waals surface area contributed by atoms with Gasteiger partial charge in [-0.3, -0.25) is 4.98 Å². The smallest absolute Gasteiger partial charge is 0.0419 e. The van der Waals surface area contributed by atoms with Crippen LogP contribution in [0.15, 0.2) is 24.4 Å². The zero-order valence-electron chi connectivity index (χ0n) is 10.4. The number of aromatic nitrogens is 1. The van der Waals surface area contributed by atoms with Crippen LogP contribution in [0.3, 0.4) is 0 Å². The second kappa shape index (κ2) is 4.77. The fourth-order valence-corrected chi connectivity index (χ4v) is 3.92. The maximum atomic E-state index is 6.28. The minimum Gasteiger partial charge on any atom is -0.327 e. The molecule has 17 heavy (non-hydrogen) atoms. The van der Waals surface area contributed by atoms with Crippen LogP contribution < -0.4 is 5.73 Å². The Bertz CT molecular complexity index is 362. The van der Waals surface area contributed by atoms with Crippen molar-refractivity contribution in [2.24, 2.45) is 23.5 Å². The number of nitrogens with two attached hydrogens (primary N) is 1. The Morgan fingerprint density at radius 1 is 1.29 bits per heavy atom. The number of pyridine rings is 1. The quantitative estimate of drug-likeness (QED) is 0.864. The lowest BCUT2D eigenvalue weighted by Gasteiger charge is -2.24. The minimum atomic E-state index is 0.300. The van der Waals surface area contributed by atoms with E-state index in [1.165, 1.54) is 32.1 Å². The highest BCUT2D eigenvalue weighted by molar-refractivity contribution is 5.05. The molecule has 0 amide bonds. The summed E-state index contributed by atoms with van der Waals surface area (Å²) in [5, 5.41) is 0. The van der Waals surface area contributed by atoms with Gasteiger partial charge in [0.1, 0.15) is 0 Å². The van der Waals surface area contributed by atoms with Gasteiger partial charge < -0.3 is 5.73 Å². The van der Waals surface area contributed by atoms with Crippen molar-refractivity contribution in [1.29, 1.82) is 0 Å². The number of rotatable bonds is 4. The van der Waals surface area contributed by atoms with Crippen LogP contribution >= 0.6 is 0 Å². The lowest BCUT2D eigenvalue weighted by molar-refractivity contribution is 0.293. The maximum absolute atomic E-state index is 6.28. The lowest BCUT2D eigenvalue weighted by atomic mass is 9.83. The van der Waals surface area contributed by atoms with Crippen molar-refractivity contribution in [3.8, 4) is 0 Å². The maximum Gasteiger partial charge on any atom is 0.0419 e. The monoisotopic (exact) mass is 230 g/mol. The van der Waals surface area contributed by atoms with E-state index in [2.05, 4.69) is 11.1 Å². The second-order valence-electron chi connectivity index (χ2n) is 5.96. The van der Waals surface area contributed by atoms with Gasteiger partial charge >= 0.3 is 0 Å². The van der Waals surface area contributed by atoms with Crippen LogP contribution in [0.4, 0.5) is 0 Å². The molecule has 0 aliphatic heterocycles. The average Bonchev–Trinajstić information content (AvgIpc) is 2.92. The summed E-state index contributed by atoms with van der Waals surface area (Å²) in [6.45, 7) is 0. The summed E-state index contributed by atoms with van der Waals surface area (Å²) in [6.07, 6.45) is 9.88. The molecule has 3 rings (SSSR count). The minimum absolute atomic E-state index is 0.300. The molecule has 1 aromatic heterocycles. The average molecular weight is 230 g/mol. The van der Waals surface area contributed by atoms with Gasteiger partial charge in [-0.05, 0) is 55.6 Å². The molecule has 2 N–H and O–H groups in total. The van der Waals surface area contributed by atoms with E-state index in [1.54, 1.807) is 0 Å². The van der Waals surface area contributed by atoms with Crippen LogP contribution in [0.2, 0.25) is 0 Å². The van der Waals surface area contributed by atoms with E-state index in [-0.39, 0.29) is 0 Å². The van der Waals surface area contributed by atoms with Gasteiger partial charge in [0.15, 0.2) is 0 Å². The summed E-state index contributed by atoms with van der Waals surface area (Å²) < 4.78 is 0. The van der Waals surface area contributed by atoms with E-state index in [0.717, 1.165) is 29.9 Å². The lowest BCUT2D eigenvalue weighted by Crippen LogP contribution is -2.28. The van der Waals surface area contributed by atoms with Crippen molar-refractivity contribution in [2.75, 3.05) is 0 Å². The predicted octanol–water partition coefficient (Wildman–Crippen LogP) is 2.78. The molecule has 0 saturated heterocycles. The summed E-state index contributed by atoms with van der Waals surface area (Å²) in [4.78, 5) is 4.36. The van der Waals surface area contributed by atoms with E-state index in [9.17, 15) is 0 Å². The Morgan fingerprint density at radius 3 is 2.88 bits per heavy atom. The molecule has 4 unspecified atom stereocenters. The molecule has 2 aliphatic carbocycles. The van der Waals surface area contributed by atoms with E-state index >= 15 is 0 Å².